The van der Waals surface area contributed by atoms with E-state index in [9.17, 15) is 0 Å². The summed E-state index contributed by atoms with van der Waals surface area (Å²) in [6.07, 6.45) is 0.943. The predicted molar refractivity (Wildman–Crippen MR) is 79.8 cm³/mol. The molecule has 0 bridgehead atoms. The molecule has 19 heavy (non-hydrogen) atoms. The Morgan fingerprint density at radius 2 is 2.11 bits per heavy atom. The molecule has 0 amide bonds. The van der Waals surface area contributed by atoms with Gasteiger partial charge in [-0.1, -0.05) is 0 Å². The lowest BCUT2D eigenvalue weighted by Crippen LogP contribution is -2.17. The molecule has 0 unspecified atom stereocenters. The van der Waals surface area contributed by atoms with Crippen LogP contribution in [0, 0.1) is 6.92 Å². The van der Waals surface area contributed by atoms with Gasteiger partial charge in [-0.05, 0) is 30.4 Å². The van der Waals surface area contributed by atoms with Gasteiger partial charge >= 0.3 is 0 Å². The minimum Gasteiger partial charge on any atom is -0.368 e. The van der Waals surface area contributed by atoms with Gasteiger partial charge in [0.05, 0.1) is 0 Å². The summed E-state index contributed by atoms with van der Waals surface area (Å²) in [4.78, 5) is 15.6. The van der Waals surface area contributed by atoms with E-state index in [1.165, 1.54) is 10.4 Å². The van der Waals surface area contributed by atoms with Gasteiger partial charge in [-0.2, -0.15) is 15.0 Å². The molecule has 0 fully saturated rings. The first-order valence-electron chi connectivity index (χ1n) is 6.02. The van der Waals surface area contributed by atoms with Crippen LogP contribution in [0.15, 0.2) is 11.4 Å². The van der Waals surface area contributed by atoms with E-state index in [0.717, 1.165) is 13.0 Å². The number of thiophene rings is 1. The van der Waals surface area contributed by atoms with Crippen molar-refractivity contribution >= 4 is 29.2 Å². The van der Waals surface area contributed by atoms with Crippen molar-refractivity contribution in [2.45, 2.75) is 13.3 Å². The van der Waals surface area contributed by atoms with Gasteiger partial charge in [0.2, 0.25) is 17.8 Å². The van der Waals surface area contributed by atoms with Crippen LogP contribution in [0.1, 0.15) is 10.4 Å². The first-order valence-corrected chi connectivity index (χ1v) is 6.90. The topological polar surface area (TPSA) is 80.0 Å². The van der Waals surface area contributed by atoms with Crippen LogP contribution < -0.4 is 16.0 Å². The number of nitrogens with one attached hydrogen (secondary N) is 1. The molecule has 0 aliphatic rings. The summed E-state index contributed by atoms with van der Waals surface area (Å²) in [6, 6.07) is 2.15. The van der Waals surface area contributed by atoms with Crippen molar-refractivity contribution in [2.75, 3.05) is 36.6 Å². The molecule has 3 N–H and O–H groups in total. The Kier molecular flexibility index (Phi) is 4.16. The SMILES string of the molecule is Cc1sccc1CCNc1nc(N)nc(N(C)C)n1. The first kappa shape index (κ1) is 13.5. The normalized spacial score (nSPS) is 10.5. The van der Waals surface area contributed by atoms with Gasteiger partial charge in [-0.3, -0.25) is 0 Å². The van der Waals surface area contributed by atoms with Crippen LogP contribution in [0.3, 0.4) is 0 Å². The Bertz CT molecular complexity index is 551. The number of rotatable bonds is 5. The van der Waals surface area contributed by atoms with Gasteiger partial charge in [0.1, 0.15) is 0 Å². The zero-order valence-electron chi connectivity index (χ0n) is 11.3. The molecule has 0 saturated heterocycles. The first-order chi connectivity index (χ1) is 9.06. The van der Waals surface area contributed by atoms with E-state index in [0.29, 0.717) is 11.9 Å². The third-order valence-corrected chi connectivity index (χ3v) is 3.57. The Morgan fingerprint density at radius 3 is 2.74 bits per heavy atom. The molecular formula is C12H18N6S. The van der Waals surface area contributed by atoms with Gasteiger partial charge in [-0.25, -0.2) is 0 Å². The maximum absolute atomic E-state index is 5.66. The maximum atomic E-state index is 5.66. The molecule has 6 nitrogen and oxygen atoms in total. The van der Waals surface area contributed by atoms with Crippen LogP contribution in [0.25, 0.3) is 0 Å². The second-order valence-electron chi connectivity index (χ2n) is 4.39. The number of hydrogen-bond donors (Lipinski definition) is 2. The molecule has 0 spiro atoms. The minimum atomic E-state index is 0.230. The molecule has 2 rings (SSSR count). The second kappa shape index (κ2) is 5.83. The van der Waals surface area contributed by atoms with Crippen molar-refractivity contribution in [3.8, 4) is 0 Å². The van der Waals surface area contributed by atoms with E-state index >= 15 is 0 Å². The van der Waals surface area contributed by atoms with Crippen molar-refractivity contribution < 1.29 is 0 Å². The lowest BCUT2D eigenvalue weighted by molar-refractivity contribution is 0.935. The highest BCUT2D eigenvalue weighted by molar-refractivity contribution is 7.10. The summed E-state index contributed by atoms with van der Waals surface area (Å²) in [7, 11) is 3.74. The fourth-order valence-corrected chi connectivity index (χ4v) is 2.40. The van der Waals surface area contributed by atoms with Crippen LogP contribution in [-0.2, 0) is 6.42 Å². The molecule has 2 aromatic heterocycles. The number of nitrogens with two attached hydrogens (primary N) is 1. The van der Waals surface area contributed by atoms with Gasteiger partial charge in [-0.15, -0.1) is 11.3 Å². The van der Waals surface area contributed by atoms with Crippen molar-refractivity contribution in [1.29, 1.82) is 0 Å². The Balaban J connectivity index is 1.98. The highest BCUT2D eigenvalue weighted by Crippen LogP contribution is 2.15. The van der Waals surface area contributed by atoms with Crippen molar-refractivity contribution in [3.63, 3.8) is 0 Å². The summed E-state index contributed by atoms with van der Waals surface area (Å²) < 4.78 is 0. The Morgan fingerprint density at radius 1 is 1.32 bits per heavy atom. The van der Waals surface area contributed by atoms with Crippen molar-refractivity contribution in [1.82, 2.24) is 15.0 Å². The number of nitrogens with zero attached hydrogens (tertiary/aromatic N) is 4. The van der Waals surface area contributed by atoms with E-state index in [2.05, 4.69) is 38.6 Å². The summed E-state index contributed by atoms with van der Waals surface area (Å²) in [5, 5.41) is 5.29. The lowest BCUT2D eigenvalue weighted by atomic mass is 10.2. The van der Waals surface area contributed by atoms with Gasteiger partial charge in [0.25, 0.3) is 0 Å². The largest absolute Gasteiger partial charge is 0.368 e. The summed E-state index contributed by atoms with van der Waals surface area (Å²) in [5.74, 6) is 1.30. The van der Waals surface area contributed by atoms with Gasteiger partial charge in [0, 0.05) is 25.5 Å². The number of aromatic nitrogens is 3. The molecule has 0 aromatic carbocycles. The molecule has 102 valence electrons. The summed E-state index contributed by atoms with van der Waals surface area (Å²) in [5.41, 5.74) is 7.01. The quantitative estimate of drug-likeness (QED) is 0.863. The molecule has 0 radical (unpaired) electrons. The molecule has 0 aliphatic carbocycles. The Labute approximate surface area is 116 Å². The standard InChI is InChI=1S/C12H18N6S/c1-8-9(5-7-19-8)4-6-14-11-15-10(13)16-12(17-11)18(2)3/h5,7H,4,6H2,1-3H3,(H3,13,14,15,16,17). The average molecular weight is 278 g/mol. The Hall–Kier alpha value is -1.89. The van der Waals surface area contributed by atoms with E-state index in [1.807, 2.05) is 14.1 Å². The number of nitrogen functional groups attached to an aromatic ring is 1. The van der Waals surface area contributed by atoms with Crippen LogP contribution in [0.5, 0.6) is 0 Å². The van der Waals surface area contributed by atoms with Crippen molar-refractivity contribution in [3.05, 3.63) is 21.9 Å². The number of hydrogen-bond acceptors (Lipinski definition) is 7. The van der Waals surface area contributed by atoms with E-state index < -0.39 is 0 Å². The number of aryl methyl sites for hydroxylation is 1. The van der Waals surface area contributed by atoms with Crippen molar-refractivity contribution in [2.24, 2.45) is 0 Å². The van der Waals surface area contributed by atoms with E-state index in [-0.39, 0.29) is 5.95 Å². The number of anilines is 3. The summed E-state index contributed by atoms with van der Waals surface area (Å²) in [6.45, 7) is 2.90. The molecule has 2 heterocycles. The van der Waals surface area contributed by atoms with Gasteiger partial charge in [0.15, 0.2) is 0 Å². The molecule has 0 atom stereocenters. The van der Waals surface area contributed by atoms with Crippen LogP contribution >= 0.6 is 11.3 Å². The van der Waals surface area contributed by atoms with Crippen LogP contribution in [0.2, 0.25) is 0 Å². The maximum Gasteiger partial charge on any atom is 0.231 e. The van der Waals surface area contributed by atoms with Crippen LogP contribution in [-0.4, -0.2) is 35.6 Å². The zero-order chi connectivity index (χ0) is 13.8. The smallest absolute Gasteiger partial charge is 0.231 e. The summed E-state index contributed by atoms with van der Waals surface area (Å²) >= 11 is 1.76. The second-order valence-corrected chi connectivity index (χ2v) is 5.51. The fraction of sp³-hybridized carbons (Fsp3) is 0.417. The third kappa shape index (κ3) is 3.54. The molecular weight excluding hydrogens is 260 g/mol. The van der Waals surface area contributed by atoms with E-state index in [4.69, 9.17) is 5.73 Å². The van der Waals surface area contributed by atoms with E-state index in [1.54, 1.807) is 16.2 Å². The monoisotopic (exact) mass is 278 g/mol. The minimum absolute atomic E-state index is 0.230. The molecule has 0 aliphatic heterocycles. The van der Waals surface area contributed by atoms with Gasteiger partial charge < -0.3 is 16.0 Å². The average Bonchev–Trinajstić information content (AvgIpc) is 2.74. The third-order valence-electron chi connectivity index (χ3n) is 2.68. The molecule has 2 aromatic rings. The molecule has 7 heteroatoms. The highest BCUT2D eigenvalue weighted by atomic mass is 32.1. The lowest BCUT2D eigenvalue weighted by Gasteiger charge is -2.12. The van der Waals surface area contributed by atoms with Crippen LogP contribution in [0.4, 0.5) is 17.8 Å². The fourth-order valence-electron chi connectivity index (χ4n) is 1.64. The molecule has 0 saturated carbocycles. The zero-order valence-corrected chi connectivity index (χ0v) is 12.2. The predicted octanol–water partition coefficient (Wildman–Crippen LogP) is 1.54. The highest BCUT2D eigenvalue weighted by Gasteiger charge is 2.06.